The van der Waals surface area contributed by atoms with Crippen LogP contribution in [-0.2, 0) is 13.9 Å². The highest BCUT2D eigenvalue weighted by atomic mass is 31.2. The van der Waals surface area contributed by atoms with Crippen LogP contribution >= 0.6 is 15.2 Å². The Kier molecular flexibility index (Phi) is 4.80. The Morgan fingerprint density at radius 1 is 1.32 bits per heavy atom. The van der Waals surface area contributed by atoms with Gasteiger partial charge in [0.15, 0.2) is 23.2 Å². The summed E-state index contributed by atoms with van der Waals surface area (Å²) < 4.78 is 29.0. The van der Waals surface area contributed by atoms with Crippen molar-refractivity contribution in [1.82, 2.24) is 19.5 Å². The van der Waals surface area contributed by atoms with Gasteiger partial charge in [-0.3, -0.25) is 23.5 Å². The molecule has 1 aliphatic heterocycles. The second kappa shape index (κ2) is 6.40. The van der Waals surface area contributed by atoms with Gasteiger partial charge in [0.2, 0.25) is 11.3 Å². The highest BCUT2D eigenvalue weighted by Gasteiger charge is 2.69. The number of anilines is 1. The molecule has 16 nitrogen and oxygen atoms in total. The zero-order valence-corrected chi connectivity index (χ0v) is 15.3. The maximum atomic E-state index is 11.8. The third-order valence-corrected chi connectivity index (χ3v) is 6.63. The summed E-state index contributed by atoms with van der Waals surface area (Å²) in [7, 11) is -11.2. The zero-order chi connectivity index (χ0) is 21.2. The number of aliphatic hydroxyl groups excluding tert-OH is 2. The van der Waals surface area contributed by atoms with Gasteiger partial charge in [0, 0.05) is 0 Å². The van der Waals surface area contributed by atoms with Crippen LogP contribution in [0.2, 0.25) is 0 Å². The number of hydrogen-bond acceptors (Lipinski definition) is 10. The fraction of sp³-hybridized carbons (Fsp3) is 0.500. The largest absolute Gasteiger partial charge is 0.385 e. The van der Waals surface area contributed by atoms with Crippen LogP contribution in [0.15, 0.2) is 11.1 Å². The Labute approximate surface area is 153 Å². The smallest absolute Gasteiger partial charge is 0.362 e. The number of H-pyrrole nitrogens is 1. The molecule has 3 heterocycles. The lowest BCUT2D eigenvalue weighted by Gasteiger charge is -2.33. The van der Waals surface area contributed by atoms with E-state index in [2.05, 4.69) is 15.0 Å². The van der Waals surface area contributed by atoms with Crippen LogP contribution in [0, 0.1) is 0 Å². The van der Waals surface area contributed by atoms with Crippen molar-refractivity contribution in [3.63, 3.8) is 0 Å². The molecular formula is C10H15N5O11P2. The van der Waals surface area contributed by atoms with Gasteiger partial charge in [-0.2, -0.15) is 4.98 Å². The molecule has 0 aliphatic carbocycles. The van der Waals surface area contributed by atoms with Gasteiger partial charge in [-0.15, -0.1) is 0 Å². The standard InChI is InChI=1S/C10H15N5O11P2/c11-9-13-5-2(6(17)14-9)12-1-15(5)7-3(16)10(19,28(23,24)25)4(26-7)8(18)27(20,21)22/h1,3-4,7-8,16,18-19H,(H2,20,21,22)(H2,23,24,25)(H3,11,13,14,17)/t3-,4+,7+,8?,10+/m0/s1. The quantitative estimate of drug-likeness (QED) is 0.206. The maximum Gasteiger partial charge on any atom is 0.362 e. The minimum Gasteiger partial charge on any atom is -0.385 e. The van der Waals surface area contributed by atoms with Crippen LogP contribution in [-0.4, -0.2) is 77.8 Å². The molecule has 0 aromatic carbocycles. The first-order valence-electron chi connectivity index (χ1n) is 7.26. The first-order chi connectivity index (χ1) is 12.7. The number of nitrogens with zero attached hydrogens (tertiary/aromatic N) is 3. The Bertz CT molecular complexity index is 1070. The molecule has 0 saturated carbocycles. The molecule has 1 unspecified atom stereocenters. The van der Waals surface area contributed by atoms with E-state index in [1.807, 2.05) is 0 Å². The topological polar surface area (TPSA) is 275 Å². The number of nitrogen functional groups attached to an aromatic ring is 1. The molecule has 156 valence electrons. The van der Waals surface area contributed by atoms with Gasteiger partial charge in [0.05, 0.1) is 6.33 Å². The fourth-order valence-corrected chi connectivity index (χ4v) is 4.63. The second-order valence-electron chi connectivity index (χ2n) is 6.00. The number of rotatable bonds is 4. The second-order valence-corrected chi connectivity index (χ2v) is 9.51. The molecule has 2 aromatic rings. The van der Waals surface area contributed by atoms with Gasteiger partial charge >= 0.3 is 15.2 Å². The van der Waals surface area contributed by atoms with Crippen LogP contribution < -0.4 is 11.3 Å². The van der Waals surface area contributed by atoms with Crippen LogP contribution in [0.4, 0.5) is 5.95 Å². The predicted molar refractivity (Wildman–Crippen MR) is 87.5 cm³/mol. The Hall–Kier alpha value is -1.71. The monoisotopic (exact) mass is 443 g/mol. The van der Waals surface area contributed by atoms with Crippen molar-refractivity contribution in [1.29, 1.82) is 0 Å². The van der Waals surface area contributed by atoms with Crippen molar-refractivity contribution in [2.45, 2.75) is 29.6 Å². The number of nitrogens with two attached hydrogens (primary N) is 1. The van der Waals surface area contributed by atoms with Gasteiger partial charge in [-0.05, 0) is 0 Å². The van der Waals surface area contributed by atoms with Crippen molar-refractivity contribution in [2.24, 2.45) is 0 Å². The van der Waals surface area contributed by atoms with Crippen molar-refractivity contribution < 1.29 is 48.8 Å². The highest BCUT2D eigenvalue weighted by molar-refractivity contribution is 7.54. The number of nitrogens with one attached hydrogen (secondary N) is 1. The molecule has 0 amide bonds. The van der Waals surface area contributed by atoms with Crippen molar-refractivity contribution >= 4 is 32.3 Å². The van der Waals surface area contributed by atoms with E-state index < -0.39 is 50.4 Å². The maximum absolute atomic E-state index is 11.8. The Morgan fingerprint density at radius 2 is 1.93 bits per heavy atom. The third-order valence-electron chi connectivity index (χ3n) is 4.22. The summed E-state index contributed by atoms with van der Waals surface area (Å²) in [6.45, 7) is 0. The van der Waals surface area contributed by atoms with E-state index >= 15 is 0 Å². The van der Waals surface area contributed by atoms with Gasteiger partial charge in [0.1, 0.15) is 12.2 Å². The number of ether oxygens (including phenoxy) is 1. The minimum atomic E-state index is -5.75. The summed E-state index contributed by atoms with van der Waals surface area (Å²) >= 11 is 0. The summed E-state index contributed by atoms with van der Waals surface area (Å²) in [4.78, 5) is 58.6. The Morgan fingerprint density at radius 3 is 2.46 bits per heavy atom. The van der Waals surface area contributed by atoms with E-state index in [4.69, 9.17) is 20.3 Å². The van der Waals surface area contributed by atoms with E-state index in [-0.39, 0.29) is 17.1 Å². The van der Waals surface area contributed by atoms with Crippen molar-refractivity contribution in [2.75, 3.05) is 5.73 Å². The van der Waals surface area contributed by atoms with E-state index in [0.717, 1.165) is 10.9 Å². The van der Waals surface area contributed by atoms with E-state index in [0.29, 0.717) is 0 Å². The van der Waals surface area contributed by atoms with Crippen LogP contribution in [0.3, 0.4) is 0 Å². The van der Waals surface area contributed by atoms with Gasteiger partial charge in [0.25, 0.3) is 5.56 Å². The van der Waals surface area contributed by atoms with Gasteiger partial charge < -0.3 is 45.4 Å². The van der Waals surface area contributed by atoms with E-state index in [1.165, 1.54) is 0 Å². The zero-order valence-electron chi connectivity index (χ0n) is 13.5. The fourth-order valence-electron chi connectivity index (χ4n) is 2.85. The normalized spacial score (nSPS) is 30.0. The van der Waals surface area contributed by atoms with Gasteiger partial charge in [-0.1, -0.05) is 0 Å². The number of imidazole rings is 1. The van der Waals surface area contributed by atoms with Crippen LogP contribution in [0.5, 0.6) is 0 Å². The molecule has 0 radical (unpaired) electrons. The molecule has 3 rings (SSSR count). The summed E-state index contributed by atoms with van der Waals surface area (Å²) in [6, 6.07) is 0. The lowest BCUT2D eigenvalue weighted by atomic mass is 10.1. The first kappa shape index (κ1) is 21.0. The molecular weight excluding hydrogens is 428 g/mol. The molecule has 2 aromatic heterocycles. The SMILES string of the molecule is Nc1nc2c(ncn2[C@@H]2O[C@H](C(O)P(=O)(O)O)[C@](O)(P(=O)(O)O)[C@H]2O)c(=O)[nH]1. The number of fused-ring (bicyclic) bond motifs is 1. The van der Waals surface area contributed by atoms with Crippen molar-refractivity contribution in [3.8, 4) is 0 Å². The molecule has 1 fully saturated rings. The lowest BCUT2D eigenvalue weighted by molar-refractivity contribution is -0.0777. The Balaban J connectivity index is 2.19. The van der Waals surface area contributed by atoms with E-state index in [1.54, 1.807) is 0 Å². The number of aliphatic hydroxyl groups is 3. The van der Waals surface area contributed by atoms with Crippen molar-refractivity contribution in [3.05, 3.63) is 16.7 Å². The molecule has 10 N–H and O–H groups in total. The minimum absolute atomic E-state index is 0.316. The first-order valence-corrected chi connectivity index (χ1v) is 10.6. The molecule has 1 aliphatic rings. The molecule has 1 saturated heterocycles. The molecule has 5 atom stereocenters. The summed E-state index contributed by atoms with van der Waals surface area (Å²) in [5, 5.41) is 27.0. The summed E-state index contributed by atoms with van der Waals surface area (Å²) in [5.41, 5.74) is 3.97. The number of hydrogen-bond donors (Lipinski definition) is 9. The van der Waals surface area contributed by atoms with Gasteiger partial charge in [-0.25, -0.2) is 4.98 Å². The third kappa shape index (κ3) is 3.00. The predicted octanol–water partition coefficient (Wildman–Crippen LogP) is -3.68. The molecule has 28 heavy (non-hydrogen) atoms. The number of aromatic amines is 1. The average Bonchev–Trinajstić information content (AvgIpc) is 3.06. The highest BCUT2D eigenvalue weighted by Crippen LogP contribution is 2.62. The summed E-state index contributed by atoms with van der Waals surface area (Å²) in [5.74, 6) is -3.29. The van der Waals surface area contributed by atoms with Crippen LogP contribution in [0.25, 0.3) is 11.2 Å². The molecule has 0 bridgehead atoms. The lowest BCUT2D eigenvalue weighted by Crippen LogP contribution is -2.51. The van der Waals surface area contributed by atoms with E-state index in [9.17, 15) is 39.0 Å². The average molecular weight is 443 g/mol. The van der Waals surface area contributed by atoms with Crippen LogP contribution in [0.1, 0.15) is 6.23 Å². The molecule has 18 heteroatoms. The summed E-state index contributed by atoms with van der Waals surface area (Å²) in [6.07, 6.45) is -6.25. The number of aromatic nitrogens is 4. The molecule has 0 spiro atoms.